The molecule has 0 aromatic heterocycles. The van der Waals surface area contributed by atoms with E-state index in [1.165, 1.54) is 12.1 Å². The first kappa shape index (κ1) is 16.4. The summed E-state index contributed by atoms with van der Waals surface area (Å²) in [5, 5.41) is 13.6. The fourth-order valence-electron chi connectivity index (χ4n) is 3.62. The third-order valence-corrected chi connectivity index (χ3v) is 5.16. The lowest BCUT2D eigenvalue weighted by molar-refractivity contribution is -0.122. The number of hydrogen-bond donors (Lipinski definition) is 2. The minimum atomic E-state index is -0.603. The van der Waals surface area contributed by atoms with Crippen LogP contribution >= 0.6 is 0 Å². The molecule has 126 valence electrons. The van der Waals surface area contributed by atoms with E-state index in [0.717, 1.165) is 24.9 Å². The van der Waals surface area contributed by atoms with E-state index in [1.54, 1.807) is 12.1 Å². The highest BCUT2D eigenvalue weighted by Crippen LogP contribution is 2.46. The summed E-state index contributed by atoms with van der Waals surface area (Å²) in [6.07, 6.45) is 2.91. The molecule has 4 nitrogen and oxygen atoms in total. The molecule has 2 atom stereocenters. The minimum Gasteiger partial charge on any atom is -0.388 e. The number of halogens is 1. The monoisotopic (exact) mass is 320 g/mol. The predicted octanol–water partition coefficient (Wildman–Crippen LogP) is 1.58. The number of rotatable bonds is 6. The second-order valence-corrected chi connectivity index (χ2v) is 7.06. The molecule has 1 heterocycles. The highest BCUT2D eigenvalue weighted by molar-refractivity contribution is 5.78. The second-order valence-electron chi connectivity index (χ2n) is 7.06. The van der Waals surface area contributed by atoms with Crippen molar-refractivity contribution in [2.45, 2.75) is 31.8 Å². The number of amides is 1. The van der Waals surface area contributed by atoms with Crippen molar-refractivity contribution in [1.29, 1.82) is 0 Å². The average Bonchev–Trinajstić information content (AvgIpc) is 3.30. The Morgan fingerprint density at radius 3 is 2.74 bits per heavy atom. The molecule has 3 rings (SSSR count). The van der Waals surface area contributed by atoms with Crippen LogP contribution in [0.3, 0.4) is 0 Å². The van der Waals surface area contributed by atoms with Crippen LogP contribution in [-0.2, 0) is 11.2 Å². The number of hydrogen-bond acceptors (Lipinski definition) is 3. The van der Waals surface area contributed by atoms with Crippen molar-refractivity contribution in [1.82, 2.24) is 10.2 Å². The van der Waals surface area contributed by atoms with E-state index in [2.05, 4.69) is 17.1 Å². The SMILES string of the molecule is C[C@@H]1CN(CC(=O)NCCc2ccc(F)cc2)C[C@@]1(O)C1CC1. The van der Waals surface area contributed by atoms with Crippen LogP contribution in [0.2, 0.25) is 0 Å². The molecule has 5 heteroatoms. The molecule has 23 heavy (non-hydrogen) atoms. The molecular weight excluding hydrogens is 295 g/mol. The van der Waals surface area contributed by atoms with Gasteiger partial charge in [0, 0.05) is 19.6 Å². The van der Waals surface area contributed by atoms with Crippen molar-refractivity contribution in [3.05, 3.63) is 35.6 Å². The summed E-state index contributed by atoms with van der Waals surface area (Å²) in [6.45, 7) is 4.33. The number of aliphatic hydroxyl groups is 1. The molecule has 0 radical (unpaired) electrons. The quantitative estimate of drug-likeness (QED) is 0.837. The van der Waals surface area contributed by atoms with Crippen LogP contribution in [-0.4, -0.2) is 47.7 Å². The Bertz CT molecular complexity index is 559. The van der Waals surface area contributed by atoms with Crippen LogP contribution in [0.4, 0.5) is 4.39 Å². The molecule has 2 aliphatic rings. The van der Waals surface area contributed by atoms with Crippen LogP contribution in [0.25, 0.3) is 0 Å². The lowest BCUT2D eigenvalue weighted by atomic mass is 9.88. The first-order chi connectivity index (χ1) is 11.0. The van der Waals surface area contributed by atoms with Gasteiger partial charge in [0.15, 0.2) is 0 Å². The number of benzene rings is 1. The normalized spacial score (nSPS) is 28.0. The molecule has 0 unspecified atom stereocenters. The molecule has 1 aliphatic heterocycles. The van der Waals surface area contributed by atoms with Crippen molar-refractivity contribution in [2.75, 3.05) is 26.2 Å². The van der Waals surface area contributed by atoms with Crippen molar-refractivity contribution < 1.29 is 14.3 Å². The Hall–Kier alpha value is -1.46. The Kier molecular flexibility index (Phi) is 4.69. The van der Waals surface area contributed by atoms with E-state index in [1.807, 2.05) is 0 Å². The molecule has 2 N–H and O–H groups in total. The maximum absolute atomic E-state index is 12.8. The van der Waals surface area contributed by atoms with Gasteiger partial charge in [0.05, 0.1) is 12.1 Å². The molecule has 1 aromatic rings. The predicted molar refractivity (Wildman–Crippen MR) is 86.4 cm³/mol. The maximum atomic E-state index is 12.8. The standard InChI is InChI=1S/C18H25FN2O2/c1-13-10-21(12-18(13,23)15-4-5-15)11-17(22)20-9-8-14-2-6-16(19)7-3-14/h2-3,6-7,13,15,23H,4-5,8-12H2,1H3,(H,20,22)/t13-,18+/m1/s1. The van der Waals surface area contributed by atoms with E-state index in [0.29, 0.717) is 32.0 Å². The summed E-state index contributed by atoms with van der Waals surface area (Å²) < 4.78 is 12.8. The van der Waals surface area contributed by atoms with E-state index in [9.17, 15) is 14.3 Å². The zero-order valence-corrected chi connectivity index (χ0v) is 13.6. The molecule has 0 spiro atoms. The number of nitrogens with zero attached hydrogens (tertiary/aromatic N) is 1. The maximum Gasteiger partial charge on any atom is 0.234 e. The fraction of sp³-hybridized carbons (Fsp3) is 0.611. The number of nitrogens with one attached hydrogen (secondary N) is 1. The Morgan fingerprint density at radius 1 is 1.39 bits per heavy atom. The molecule has 1 saturated heterocycles. The largest absolute Gasteiger partial charge is 0.388 e. The topological polar surface area (TPSA) is 52.6 Å². The Balaban J connectivity index is 1.40. The van der Waals surface area contributed by atoms with Gasteiger partial charge >= 0.3 is 0 Å². The zero-order valence-electron chi connectivity index (χ0n) is 13.6. The van der Waals surface area contributed by atoms with E-state index in [4.69, 9.17) is 0 Å². The van der Waals surface area contributed by atoms with Crippen LogP contribution in [0.15, 0.2) is 24.3 Å². The molecular formula is C18H25FN2O2. The zero-order chi connectivity index (χ0) is 16.4. The molecule has 1 aliphatic carbocycles. The van der Waals surface area contributed by atoms with Crippen molar-refractivity contribution >= 4 is 5.91 Å². The lowest BCUT2D eigenvalue weighted by Gasteiger charge is -2.26. The van der Waals surface area contributed by atoms with Gasteiger partial charge in [-0.25, -0.2) is 4.39 Å². The van der Waals surface area contributed by atoms with Gasteiger partial charge in [0.1, 0.15) is 5.82 Å². The highest BCUT2D eigenvalue weighted by Gasteiger charge is 2.52. The number of likely N-dealkylation sites (tertiary alicyclic amines) is 1. The Labute approximate surface area is 136 Å². The van der Waals surface area contributed by atoms with Gasteiger partial charge < -0.3 is 10.4 Å². The summed E-state index contributed by atoms with van der Waals surface area (Å²) in [6, 6.07) is 6.34. The summed E-state index contributed by atoms with van der Waals surface area (Å²) >= 11 is 0. The van der Waals surface area contributed by atoms with Crippen molar-refractivity contribution in [2.24, 2.45) is 11.8 Å². The third kappa shape index (κ3) is 3.90. The summed E-state index contributed by atoms with van der Waals surface area (Å²) in [7, 11) is 0. The van der Waals surface area contributed by atoms with Gasteiger partial charge in [0.2, 0.25) is 5.91 Å². The first-order valence-electron chi connectivity index (χ1n) is 8.43. The third-order valence-electron chi connectivity index (χ3n) is 5.16. The van der Waals surface area contributed by atoms with E-state index < -0.39 is 5.60 Å². The van der Waals surface area contributed by atoms with E-state index in [-0.39, 0.29) is 17.6 Å². The summed E-state index contributed by atoms with van der Waals surface area (Å²) in [5.41, 5.74) is 0.401. The lowest BCUT2D eigenvalue weighted by Crippen LogP contribution is -2.41. The molecule has 2 fully saturated rings. The van der Waals surface area contributed by atoms with Gasteiger partial charge in [-0.2, -0.15) is 0 Å². The van der Waals surface area contributed by atoms with Gasteiger partial charge in [-0.1, -0.05) is 19.1 Å². The van der Waals surface area contributed by atoms with Crippen LogP contribution < -0.4 is 5.32 Å². The molecule has 1 saturated carbocycles. The van der Waals surface area contributed by atoms with Crippen molar-refractivity contribution in [3.8, 4) is 0 Å². The highest BCUT2D eigenvalue weighted by atomic mass is 19.1. The van der Waals surface area contributed by atoms with E-state index >= 15 is 0 Å². The Morgan fingerprint density at radius 2 is 2.09 bits per heavy atom. The van der Waals surface area contributed by atoms with Crippen LogP contribution in [0.1, 0.15) is 25.3 Å². The fourth-order valence-corrected chi connectivity index (χ4v) is 3.62. The summed E-state index contributed by atoms with van der Waals surface area (Å²) in [4.78, 5) is 14.1. The minimum absolute atomic E-state index is 0.0145. The second kappa shape index (κ2) is 6.57. The first-order valence-corrected chi connectivity index (χ1v) is 8.43. The van der Waals surface area contributed by atoms with Crippen molar-refractivity contribution in [3.63, 3.8) is 0 Å². The molecule has 1 amide bonds. The summed E-state index contributed by atoms with van der Waals surface area (Å²) in [5.74, 6) is 0.384. The number of carbonyl (C=O) groups excluding carboxylic acids is 1. The van der Waals surface area contributed by atoms with Gasteiger partial charge in [-0.05, 0) is 48.8 Å². The van der Waals surface area contributed by atoms with Gasteiger partial charge in [-0.3, -0.25) is 9.69 Å². The smallest absolute Gasteiger partial charge is 0.234 e. The van der Waals surface area contributed by atoms with Gasteiger partial charge in [0.25, 0.3) is 0 Å². The number of β-amino-alcohol motifs (C(OH)–C–C–N with tert-alkyl or cyclic N) is 1. The molecule has 1 aromatic carbocycles. The van der Waals surface area contributed by atoms with Gasteiger partial charge in [-0.15, -0.1) is 0 Å². The van der Waals surface area contributed by atoms with Crippen LogP contribution in [0.5, 0.6) is 0 Å². The number of carbonyl (C=O) groups is 1. The average molecular weight is 320 g/mol. The molecule has 0 bridgehead atoms. The van der Waals surface area contributed by atoms with Crippen LogP contribution in [0, 0.1) is 17.7 Å².